The topological polar surface area (TPSA) is 12.0 Å². The maximum absolute atomic E-state index is 3.55. The highest BCUT2D eigenvalue weighted by Crippen LogP contribution is 2.16. The van der Waals surface area contributed by atoms with Crippen LogP contribution in [0.2, 0.25) is 0 Å². The average molecular weight is 272 g/mol. The van der Waals surface area contributed by atoms with Crippen LogP contribution in [-0.4, -0.2) is 24.1 Å². The molecule has 0 aromatic heterocycles. The van der Waals surface area contributed by atoms with Gasteiger partial charge in [-0.3, -0.25) is 0 Å². The third-order valence-electron chi connectivity index (χ3n) is 2.37. The van der Waals surface area contributed by atoms with Crippen LogP contribution in [0, 0.1) is 0 Å². The van der Waals surface area contributed by atoms with Gasteiger partial charge in [-0.05, 0) is 24.1 Å². The van der Waals surface area contributed by atoms with E-state index in [4.69, 9.17) is 0 Å². The Morgan fingerprint density at radius 3 is 3.14 bits per heavy atom. The normalized spacial score (nSPS) is 22.2. The van der Waals surface area contributed by atoms with Gasteiger partial charge in [0.15, 0.2) is 0 Å². The Hall–Kier alpha value is 0.01000. The molecular formula is C11H14BrNS. The van der Waals surface area contributed by atoms with E-state index < -0.39 is 0 Å². The number of halogens is 1. The van der Waals surface area contributed by atoms with E-state index in [1.165, 1.54) is 21.5 Å². The molecule has 1 fully saturated rings. The van der Waals surface area contributed by atoms with Crippen LogP contribution in [0.25, 0.3) is 0 Å². The third-order valence-corrected chi connectivity index (χ3v) is 3.99. The highest BCUT2D eigenvalue weighted by Gasteiger charge is 2.12. The van der Waals surface area contributed by atoms with Crippen LogP contribution in [0.3, 0.4) is 0 Å². The van der Waals surface area contributed by atoms with Crippen LogP contribution in [-0.2, 0) is 6.42 Å². The summed E-state index contributed by atoms with van der Waals surface area (Å²) in [5.74, 6) is 2.50. The molecule has 1 aromatic rings. The molecule has 1 aromatic carbocycles. The average Bonchev–Trinajstić information content (AvgIpc) is 2.19. The molecule has 1 N–H and O–H groups in total. The first kappa shape index (κ1) is 10.5. The number of hydrogen-bond donors (Lipinski definition) is 1. The Morgan fingerprint density at radius 1 is 1.50 bits per heavy atom. The van der Waals surface area contributed by atoms with Gasteiger partial charge in [-0.2, -0.15) is 11.8 Å². The predicted octanol–water partition coefficient (Wildman–Crippen LogP) is 2.70. The largest absolute Gasteiger partial charge is 0.312 e. The molecular weight excluding hydrogens is 258 g/mol. The maximum atomic E-state index is 3.55. The summed E-state index contributed by atoms with van der Waals surface area (Å²) >= 11 is 5.55. The highest BCUT2D eigenvalue weighted by atomic mass is 79.9. The number of rotatable bonds is 2. The third kappa shape index (κ3) is 3.01. The molecule has 1 unspecified atom stereocenters. The second-order valence-electron chi connectivity index (χ2n) is 3.56. The number of nitrogens with one attached hydrogen (secondary N) is 1. The van der Waals surface area contributed by atoms with E-state index in [1.807, 2.05) is 0 Å². The summed E-state index contributed by atoms with van der Waals surface area (Å²) in [6, 6.07) is 9.25. The minimum Gasteiger partial charge on any atom is -0.312 e. The van der Waals surface area contributed by atoms with Crippen molar-refractivity contribution >= 4 is 27.7 Å². The van der Waals surface area contributed by atoms with Crippen molar-refractivity contribution < 1.29 is 0 Å². The van der Waals surface area contributed by atoms with Crippen LogP contribution in [0.4, 0.5) is 0 Å². The summed E-state index contributed by atoms with van der Waals surface area (Å²) in [5, 5.41) is 3.55. The Kier molecular flexibility index (Phi) is 3.90. The Balaban J connectivity index is 1.95. The van der Waals surface area contributed by atoms with E-state index in [1.54, 1.807) is 0 Å². The second-order valence-corrected chi connectivity index (χ2v) is 5.63. The zero-order chi connectivity index (χ0) is 9.80. The summed E-state index contributed by atoms with van der Waals surface area (Å²) in [4.78, 5) is 0. The summed E-state index contributed by atoms with van der Waals surface area (Å²) in [7, 11) is 0. The van der Waals surface area contributed by atoms with E-state index >= 15 is 0 Å². The first-order chi connectivity index (χ1) is 6.84. The Morgan fingerprint density at radius 2 is 2.43 bits per heavy atom. The van der Waals surface area contributed by atoms with Crippen molar-refractivity contribution in [2.24, 2.45) is 0 Å². The zero-order valence-corrected chi connectivity index (χ0v) is 10.4. The molecule has 1 nitrogen and oxygen atoms in total. The van der Waals surface area contributed by atoms with Gasteiger partial charge >= 0.3 is 0 Å². The predicted molar refractivity (Wildman–Crippen MR) is 67.0 cm³/mol. The molecule has 1 aliphatic rings. The van der Waals surface area contributed by atoms with Crippen molar-refractivity contribution in [1.82, 2.24) is 5.32 Å². The van der Waals surface area contributed by atoms with Crippen molar-refractivity contribution in [3.05, 3.63) is 34.3 Å². The van der Waals surface area contributed by atoms with E-state index in [0.717, 1.165) is 13.0 Å². The smallest absolute Gasteiger partial charge is 0.0198 e. The molecule has 2 rings (SSSR count). The monoisotopic (exact) mass is 271 g/mol. The molecule has 0 aliphatic carbocycles. The van der Waals surface area contributed by atoms with Crippen LogP contribution in [0.1, 0.15) is 5.56 Å². The van der Waals surface area contributed by atoms with Gasteiger partial charge in [0, 0.05) is 28.6 Å². The molecule has 1 saturated heterocycles. The molecule has 1 aliphatic heterocycles. The SMILES string of the molecule is Brc1cccc(CC2CSCCN2)c1. The fourth-order valence-electron chi connectivity index (χ4n) is 1.70. The summed E-state index contributed by atoms with van der Waals surface area (Å²) < 4.78 is 1.18. The minimum atomic E-state index is 0.656. The summed E-state index contributed by atoms with van der Waals surface area (Å²) in [6.07, 6.45) is 1.15. The van der Waals surface area contributed by atoms with Crippen molar-refractivity contribution in [2.75, 3.05) is 18.1 Å². The van der Waals surface area contributed by atoms with E-state index in [2.05, 4.69) is 57.3 Å². The fourth-order valence-corrected chi connectivity index (χ4v) is 3.10. The lowest BCUT2D eigenvalue weighted by Crippen LogP contribution is -2.38. The van der Waals surface area contributed by atoms with Gasteiger partial charge in [0.2, 0.25) is 0 Å². The van der Waals surface area contributed by atoms with Crippen LogP contribution < -0.4 is 5.32 Å². The molecule has 3 heteroatoms. The quantitative estimate of drug-likeness (QED) is 0.888. The standard InChI is InChI=1S/C11H14BrNS/c12-10-3-1-2-9(6-10)7-11-8-14-5-4-13-11/h1-3,6,11,13H,4-5,7-8H2. The first-order valence-electron chi connectivity index (χ1n) is 4.90. The number of hydrogen-bond acceptors (Lipinski definition) is 2. The van der Waals surface area contributed by atoms with E-state index in [9.17, 15) is 0 Å². The number of benzene rings is 1. The van der Waals surface area contributed by atoms with Crippen LogP contribution in [0.15, 0.2) is 28.7 Å². The van der Waals surface area contributed by atoms with Crippen LogP contribution in [0.5, 0.6) is 0 Å². The van der Waals surface area contributed by atoms with Gasteiger partial charge in [-0.25, -0.2) is 0 Å². The fraction of sp³-hybridized carbons (Fsp3) is 0.455. The molecule has 0 bridgehead atoms. The van der Waals surface area contributed by atoms with E-state index in [-0.39, 0.29) is 0 Å². The van der Waals surface area contributed by atoms with Crippen molar-refractivity contribution in [1.29, 1.82) is 0 Å². The van der Waals surface area contributed by atoms with Crippen molar-refractivity contribution in [2.45, 2.75) is 12.5 Å². The number of thioether (sulfide) groups is 1. The first-order valence-corrected chi connectivity index (χ1v) is 6.85. The lowest BCUT2D eigenvalue weighted by Gasteiger charge is -2.23. The summed E-state index contributed by atoms with van der Waals surface area (Å²) in [6.45, 7) is 1.16. The van der Waals surface area contributed by atoms with Gasteiger partial charge < -0.3 is 5.32 Å². The molecule has 76 valence electrons. The zero-order valence-electron chi connectivity index (χ0n) is 8.00. The minimum absolute atomic E-state index is 0.656. The molecule has 1 atom stereocenters. The van der Waals surface area contributed by atoms with Gasteiger partial charge in [0.05, 0.1) is 0 Å². The molecule has 1 heterocycles. The highest BCUT2D eigenvalue weighted by molar-refractivity contribution is 9.10. The molecule has 0 saturated carbocycles. The van der Waals surface area contributed by atoms with Gasteiger partial charge in [-0.15, -0.1) is 0 Å². The Bertz CT molecular complexity index is 297. The Labute approximate surface area is 97.8 Å². The lowest BCUT2D eigenvalue weighted by atomic mass is 10.1. The van der Waals surface area contributed by atoms with Crippen LogP contribution >= 0.6 is 27.7 Å². The van der Waals surface area contributed by atoms with Gasteiger partial charge in [-0.1, -0.05) is 28.1 Å². The second kappa shape index (κ2) is 5.19. The molecule has 14 heavy (non-hydrogen) atoms. The van der Waals surface area contributed by atoms with Crippen molar-refractivity contribution in [3.8, 4) is 0 Å². The van der Waals surface area contributed by atoms with E-state index in [0.29, 0.717) is 6.04 Å². The van der Waals surface area contributed by atoms with Gasteiger partial charge in [0.25, 0.3) is 0 Å². The summed E-state index contributed by atoms with van der Waals surface area (Å²) in [5.41, 5.74) is 1.42. The molecule has 0 radical (unpaired) electrons. The molecule has 0 amide bonds. The van der Waals surface area contributed by atoms with Gasteiger partial charge in [0.1, 0.15) is 0 Å². The van der Waals surface area contributed by atoms with Crippen molar-refractivity contribution in [3.63, 3.8) is 0 Å². The maximum Gasteiger partial charge on any atom is 0.0198 e. The molecule has 0 spiro atoms. The lowest BCUT2D eigenvalue weighted by molar-refractivity contribution is 0.563.